The van der Waals surface area contributed by atoms with Gasteiger partial charge in [0.05, 0.1) is 0 Å². The lowest BCUT2D eigenvalue weighted by Crippen LogP contribution is -2.21. The highest BCUT2D eigenvalue weighted by Gasteiger charge is 2.20. The molecule has 0 aliphatic carbocycles. The molecule has 0 aromatic carbocycles. The predicted molar refractivity (Wildman–Crippen MR) is 66.3 cm³/mol. The van der Waals surface area contributed by atoms with Crippen molar-refractivity contribution < 1.29 is 0 Å². The van der Waals surface area contributed by atoms with E-state index < -0.39 is 0 Å². The first kappa shape index (κ1) is 9.82. The summed E-state index contributed by atoms with van der Waals surface area (Å²) in [7, 11) is 0. The van der Waals surface area contributed by atoms with Crippen LogP contribution in [0, 0.1) is 0 Å². The molecule has 1 fully saturated rings. The van der Waals surface area contributed by atoms with Gasteiger partial charge in [-0.2, -0.15) is 0 Å². The highest BCUT2D eigenvalue weighted by molar-refractivity contribution is 6.05. The molecule has 0 saturated carbocycles. The molecule has 84 valence electrons. The molecule has 0 amide bonds. The third-order valence-electron chi connectivity index (χ3n) is 3.38. The van der Waals surface area contributed by atoms with Crippen LogP contribution in [-0.2, 0) is 0 Å². The fraction of sp³-hybridized carbons (Fsp3) is 0.538. The number of hydrogen-bond donors (Lipinski definition) is 0. The number of aliphatic imine (C=N–C) groups is 1. The summed E-state index contributed by atoms with van der Waals surface area (Å²) in [6.45, 7) is 3.29. The Kier molecular flexibility index (Phi) is 2.60. The first-order chi connectivity index (χ1) is 7.95. The van der Waals surface area contributed by atoms with Gasteiger partial charge in [-0.25, -0.2) is 4.98 Å². The van der Waals surface area contributed by atoms with Gasteiger partial charge in [-0.1, -0.05) is 0 Å². The summed E-state index contributed by atoms with van der Waals surface area (Å²) in [5, 5.41) is 0. The second-order valence-electron chi connectivity index (χ2n) is 4.50. The maximum atomic E-state index is 4.59. The van der Waals surface area contributed by atoms with Crippen molar-refractivity contribution in [2.75, 3.05) is 24.5 Å². The quantitative estimate of drug-likeness (QED) is 0.757. The van der Waals surface area contributed by atoms with E-state index in [4.69, 9.17) is 0 Å². The van der Waals surface area contributed by atoms with E-state index in [1.807, 2.05) is 12.3 Å². The van der Waals surface area contributed by atoms with Crippen LogP contribution in [0.1, 0.15) is 31.2 Å². The Labute approximate surface area is 96.2 Å². The number of nitrogens with zero attached hydrogens (tertiary/aromatic N) is 3. The summed E-state index contributed by atoms with van der Waals surface area (Å²) in [5.41, 5.74) is 2.52. The lowest BCUT2D eigenvalue weighted by atomic mass is 10.1. The van der Waals surface area contributed by atoms with E-state index in [-0.39, 0.29) is 0 Å². The molecule has 1 aromatic rings. The number of pyridine rings is 1. The van der Waals surface area contributed by atoms with Crippen LogP contribution in [0.5, 0.6) is 0 Å². The number of rotatable bonds is 2. The third-order valence-corrected chi connectivity index (χ3v) is 3.38. The Hall–Kier alpha value is -1.38. The smallest absolute Gasteiger partial charge is 0.137 e. The summed E-state index contributed by atoms with van der Waals surface area (Å²) in [6, 6.07) is 4.19. The standard InChI is InChI=1S/C13H17N3/c1-2-10-16(9-1)13-11(5-3-8-15-13)12-6-4-7-14-12/h3,5,8H,1-2,4,6-7,9-10H2. The summed E-state index contributed by atoms with van der Waals surface area (Å²) in [6.07, 6.45) is 6.80. The second kappa shape index (κ2) is 4.24. The maximum Gasteiger partial charge on any atom is 0.137 e. The minimum absolute atomic E-state index is 0.990. The van der Waals surface area contributed by atoms with E-state index >= 15 is 0 Å². The Morgan fingerprint density at radius 1 is 1.12 bits per heavy atom. The molecule has 1 saturated heterocycles. The first-order valence-corrected chi connectivity index (χ1v) is 6.19. The molecule has 0 spiro atoms. The number of aromatic nitrogens is 1. The summed E-state index contributed by atoms with van der Waals surface area (Å²) < 4.78 is 0. The molecule has 3 heterocycles. The SMILES string of the molecule is c1cnc(N2CCCC2)c(C2=NCCC2)c1. The lowest BCUT2D eigenvalue weighted by molar-refractivity contribution is 0.932. The van der Waals surface area contributed by atoms with Crippen molar-refractivity contribution in [1.82, 2.24) is 4.98 Å². The average Bonchev–Trinajstić information content (AvgIpc) is 3.03. The molecule has 0 bridgehead atoms. The fourth-order valence-corrected chi connectivity index (χ4v) is 2.56. The zero-order chi connectivity index (χ0) is 10.8. The van der Waals surface area contributed by atoms with Gasteiger partial charge in [-0.05, 0) is 37.8 Å². The molecule has 16 heavy (non-hydrogen) atoms. The molecule has 2 aliphatic heterocycles. The van der Waals surface area contributed by atoms with E-state index in [1.54, 1.807) is 0 Å². The number of anilines is 1. The van der Waals surface area contributed by atoms with Gasteiger partial charge in [-0.3, -0.25) is 4.99 Å². The molecule has 0 N–H and O–H groups in total. The Morgan fingerprint density at radius 2 is 2.00 bits per heavy atom. The predicted octanol–water partition coefficient (Wildman–Crippen LogP) is 2.26. The largest absolute Gasteiger partial charge is 0.356 e. The molecule has 0 atom stereocenters. The van der Waals surface area contributed by atoms with Gasteiger partial charge < -0.3 is 4.90 Å². The maximum absolute atomic E-state index is 4.59. The van der Waals surface area contributed by atoms with E-state index in [0.717, 1.165) is 31.9 Å². The molecule has 3 heteroatoms. The van der Waals surface area contributed by atoms with Crippen LogP contribution in [0.2, 0.25) is 0 Å². The lowest BCUT2D eigenvalue weighted by Gasteiger charge is -2.19. The summed E-state index contributed by atoms with van der Waals surface area (Å²) in [4.78, 5) is 11.5. The average molecular weight is 215 g/mol. The van der Waals surface area contributed by atoms with Gasteiger partial charge >= 0.3 is 0 Å². The van der Waals surface area contributed by atoms with Crippen LogP contribution in [0.3, 0.4) is 0 Å². The van der Waals surface area contributed by atoms with Crippen LogP contribution >= 0.6 is 0 Å². The van der Waals surface area contributed by atoms with Gasteiger partial charge in [0.2, 0.25) is 0 Å². The fourth-order valence-electron chi connectivity index (χ4n) is 2.56. The van der Waals surface area contributed by atoms with Crippen molar-refractivity contribution in [1.29, 1.82) is 0 Å². The molecule has 3 rings (SSSR count). The van der Waals surface area contributed by atoms with Crippen LogP contribution in [0.15, 0.2) is 23.3 Å². The first-order valence-electron chi connectivity index (χ1n) is 6.19. The van der Waals surface area contributed by atoms with Crippen LogP contribution in [0.25, 0.3) is 0 Å². The van der Waals surface area contributed by atoms with Gasteiger partial charge in [-0.15, -0.1) is 0 Å². The van der Waals surface area contributed by atoms with Crippen molar-refractivity contribution in [2.45, 2.75) is 25.7 Å². The normalized spacial score (nSPS) is 20.2. The highest BCUT2D eigenvalue weighted by atomic mass is 15.2. The van der Waals surface area contributed by atoms with E-state index in [2.05, 4.69) is 20.9 Å². The molecule has 0 radical (unpaired) electrons. The van der Waals surface area contributed by atoms with Gasteiger partial charge in [0.25, 0.3) is 0 Å². The van der Waals surface area contributed by atoms with Crippen molar-refractivity contribution in [3.8, 4) is 0 Å². The van der Waals surface area contributed by atoms with E-state index in [9.17, 15) is 0 Å². The van der Waals surface area contributed by atoms with Crippen molar-refractivity contribution in [2.24, 2.45) is 4.99 Å². The molecule has 1 aromatic heterocycles. The van der Waals surface area contributed by atoms with Gasteiger partial charge in [0.15, 0.2) is 0 Å². The molecular formula is C13H17N3. The van der Waals surface area contributed by atoms with Crippen molar-refractivity contribution >= 4 is 11.5 Å². The van der Waals surface area contributed by atoms with Gasteiger partial charge in [0, 0.05) is 37.1 Å². The number of hydrogen-bond acceptors (Lipinski definition) is 3. The minimum Gasteiger partial charge on any atom is -0.356 e. The van der Waals surface area contributed by atoms with Crippen LogP contribution in [-0.4, -0.2) is 30.3 Å². The summed E-state index contributed by atoms with van der Waals surface area (Å²) in [5.74, 6) is 1.15. The molecular weight excluding hydrogens is 198 g/mol. The van der Waals surface area contributed by atoms with Crippen LogP contribution in [0.4, 0.5) is 5.82 Å². The molecule has 3 nitrogen and oxygen atoms in total. The monoisotopic (exact) mass is 215 g/mol. The molecule has 2 aliphatic rings. The topological polar surface area (TPSA) is 28.5 Å². The van der Waals surface area contributed by atoms with E-state index in [1.165, 1.54) is 30.5 Å². The van der Waals surface area contributed by atoms with Crippen molar-refractivity contribution in [3.63, 3.8) is 0 Å². The Balaban J connectivity index is 1.96. The Bertz CT molecular complexity index is 405. The Morgan fingerprint density at radius 3 is 2.75 bits per heavy atom. The molecule has 0 unspecified atom stereocenters. The second-order valence-corrected chi connectivity index (χ2v) is 4.50. The van der Waals surface area contributed by atoms with Crippen molar-refractivity contribution in [3.05, 3.63) is 23.9 Å². The zero-order valence-electron chi connectivity index (χ0n) is 9.52. The van der Waals surface area contributed by atoms with Crippen LogP contribution < -0.4 is 4.90 Å². The summed E-state index contributed by atoms with van der Waals surface area (Å²) >= 11 is 0. The minimum atomic E-state index is 0.990. The zero-order valence-corrected chi connectivity index (χ0v) is 9.52. The van der Waals surface area contributed by atoms with Gasteiger partial charge in [0.1, 0.15) is 5.82 Å². The highest BCUT2D eigenvalue weighted by Crippen LogP contribution is 2.25. The van der Waals surface area contributed by atoms with E-state index in [0.29, 0.717) is 0 Å². The third kappa shape index (κ3) is 1.70.